The van der Waals surface area contributed by atoms with Crippen LogP contribution >= 0.6 is 0 Å². The molecule has 29 heavy (non-hydrogen) atoms. The molecule has 0 radical (unpaired) electrons. The minimum absolute atomic E-state index is 0.0995. The molecule has 0 saturated carbocycles. The average molecular weight is 396 g/mol. The summed E-state index contributed by atoms with van der Waals surface area (Å²) in [6.45, 7) is 2.73. The topological polar surface area (TPSA) is 101 Å². The van der Waals surface area contributed by atoms with Crippen molar-refractivity contribution < 1.29 is 28.2 Å². The molecule has 0 aliphatic rings. The van der Waals surface area contributed by atoms with E-state index < -0.39 is 12.1 Å². The Bertz CT molecular complexity index is 999. The second kappa shape index (κ2) is 9.01. The highest BCUT2D eigenvalue weighted by molar-refractivity contribution is 5.94. The molecular weight excluding hydrogens is 376 g/mol. The molecule has 0 aliphatic carbocycles. The van der Waals surface area contributed by atoms with Crippen LogP contribution in [0.1, 0.15) is 36.2 Å². The lowest BCUT2D eigenvalue weighted by Gasteiger charge is -2.13. The first kappa shape index (κ1) is 20.1. The summed E-state index contributed by atoms with van der Waals surface area (Å²) in [4.78, 5) is 23.6. The molecule has 0 fully saturated rings. The summed E-state index contributed by atoms with van der Waals surface area (Å²) in [5.74, 6) is 0.483. The molecule has 3 aromatic rings. The smallest absolute Gasteiger partial charge is 0.344 e. The first-order chi connectivity index (χ1) is 14.0. The molecule has 0 bridgehead atoms. The lowest BCUT2D eigenvalue weighted by Crippen LogP contribution is -2.17. The zero-order chi connectivity index (χ0) is 20.8. The van der Waals surface area contributed by atoms with Gasteiger partial charge in [-0.1, -0.05) is 18.2 Å². The number of ketones is 1. The molecule has 0 spiro atoms. The highest BCUT2D eigenvalue weighted by Crippen LogP contribution is 2.28. The number of ether oxygens (including phenoxy) is 3. The van der Waals surface area contributed by atoms with Crippen LogP contribution in [0, 0.1) is 0 Å². The van der Waals surface area contributed by atoms with Gasteiger partial charge in [0.05, 0.1) is 7.11 Å². The van der Waals surface area contributed by atoms with Crippen molar-refractivity contribution in [3.63, 3.8) is 0 Å². The Labute approximate surface area is 167 Å². The van der Waals surface area contributed by atoms with E-state index in [0.717, 1.165) is 5.56 Å². The van der Waals surface area contributed by atoms with Crippen molar-refractivity contribution in [2.75, 3.05) is 13.7 Å². The van der Waals surface area contributed by atoms with Crippen molar-refractivity contribution in [1.29, 1.82) is 0 Å². The van der Waals surface area contributed by atoms with Crippen molar-refractivity contribution in [2.24, 2.45) is 0 Å². The number of esters is 1. The molecule has 3 rings (SSSR count). The quantitative estimate of drug-likeness (QED) is 0.420. The molecule has 0 unspecified atom stereocenters. The Morgan fingerprint density at radius 1 is 1.07 bits per heavy atom. The molecule has 1 heterocycles. The first-order valence-corrected chi connectivity index (χ1v) is 8.88. The Hall–Kier alpha value is -3.68. The maximum Gasteiger partial charge on any atom is 0.344 e. The van der Waals surface area contributed by atoms with E-state index in [9.17, 15) is 9.59 Å². The summed E-state index contributed by atoms with van der Waals surface area (Å²) >= 11 is 0. The van der Waals surface area contributed by atoms with Gasteiger partial charge >= 0.3 is 5.97 Å². The van der Waals surface area contributed by atoms with Gasteiger partial charge in [0.2, 0.25) is 5.89 Å². The van der Waals surface area contributed by atoms with E-state index in [2.05, 4.69) is 10.2 Å². The van der Waals surface area contributed by atoms with Crippen LogP contribution in [0.2, 0.25) is 0 Å². The zero-order valence-electron chi connectivity index (χ0n) is 16.2. The summed E-state index contributed by atoms with van der Waals surface area (Å²) in [5.41, 5.74) is 1.25. The maximum atomic E-state index is 12.1. The molecule has 2 aromatic carbocycles. The number of carbonyl (C=O) groups is 2. The molecule has 1 atom stereocenters. The Balaban J connectivity index is 1.58. The SMILES string of the molecule is COc1cc(C(C)=O)ccc1OCC(=O)O[C@@H](C)c1nnc(-c2ccccc2)o1. The number of carbonyl (C=O) groups excluding carboxylic acids is 2. The fourth-order valence-corrected chi connectivity index (χ4v) is 2.52. The molecule has 8 nitrogen and oxygen atoms in total. The van der Waals surface area contributed by atoms with Gasteiger partial charge in [0.15, 0.2) is 30.0 Å². The van der Waals surface area contributed by atoms with Gasteiger partial charge in [-0.05, 0) is 44.2 Å². The van der Waals surface area contributed by atoms with E-state index in [1.54, 1.807) is 25.1 Å². The van der Waals surface area contributed by atoms with Gasteiger partial charge in [-0.2, -0.15) is 0 Å². The van der Waals surface area contributed by atoms with Crippen LogP contribution in [0.4, 0.5) is 0 Å². The largest absolute Gasteiger partial charge is 0.493 e. The molecule has 0 saturated heterocycles. The van der Waals surface area contributed by atoms with E-state index in [0.29, 0.717) is 23.0 Å². The summed E-state index contributed by atoms with van der Waals surface area (Å²) < 4.78 is 21.5. The van der Waals surface area contributed by atoms with Crippen molar-refractivity contribution in [3.05, 3.63) is 60.0 Å². The van der Waals surface area contributed by atoms with Gasteiger partial charge in [-0.3, -0.25) is 4.79 Å². The van der Waals surface area contributed by atoms with Gasteiger partial charge in [0.25, 0.3) is 5.89 Å². The van der Waals surface area contributed by atoms with Gasteiger partial charge in [-0.15, -0.1) is 10.2 Å². The third-order valence-electron chi connectivity index (χ3n) is 4.03. The van der Waals surface area contributed by atoms with E-state index in [1.165, 1.54) is 14.0 Å². The highest BCUT2D eigenvalue weighted by Gasteiger charge is 2.20. The van der Waals surface area contributed by atoms with Gasteiger partial charge in [0, 0.05) is 11.1 Å². The third kappa shape index (κ3) is 4.98. The minimum atomic E-state index is -0.738. The monoisotopic (exact) mass is 396 g/mol. The van der Waals surface area contributed by atoms with Crippen molar-refractivity contribution in [1.82, 2.24) is 10.2 Å². The second-order valence-corrected chi connectivity index (χ2v) is 6.15. The van der Waals surface area contributed by atoms with Crippen molar-refractivity contribution >= 4 is 11.8 Å². The van der Waals surface area contributed by atoms with Gasteiger partial charge in [0.1, 0.15) is 0 Å². The maximum absolute atomic E-state index is 12.1. The second-order valence-electron chi connectivity index (χ2n) is 6.15. The number of nitrogens with zero attached hydrogens (tertiary/aromatic N) is 2. The predicted molar refractivity (Wildman–Crippen MR) is 103 cm³/mol. The summed E-state index contributed by atoms with van der Waals surface area (Å²) in [6, 6.07) is 14.0. The first-order valence-electron chi connectivity index (χ1n) is 8.88. The number of aromatic nitrogens is 2. The van der Waals surface area contributed by atoms with Crippen LogP contribution in [-0.2, 0) is 9.53 Å². The van der Waals surface area contributed by atoms with Crippen molar-refractivity contribution in [2.45, 2.75) is 20.0 Å². The van der Waals surface area contributed by atoms with Gasteiger partial charge in [-0.25, -0.2) is 4.79 Å². The Kier molecular flexibility index (Phi) is 6.23. The molecule has 150 valence electrons. The van der Waals surface area contributed by atoms with Crippen LogP contribution in [0.25, 0.3) is 11.5 Å². The molecule has 8 heteroatoms. The molecular formula is C21H20N2O6. The highest BCUT2D eigenvalue weighted by atomic mass is 16.6. The molecule has 0 amide bonds. The molecule has 0 aliphatic heterocycles. The normalized spacial score (nSPS) is 11.6. The van der Waals surface area contributed by atoms with Crippen LogP contribution in [0.3, 0.4) is 0 Å². The summed E-state index contributed by atoms with van der Waals surface area (Å²) in [6.07, 6.45) is -0.738. The van der Waals surface area contributed by atoms with Crippen LogP contribution in [0.5, 0.6) is 11.5 Å². The Morgan fingerprint density at radius 3 is 2.52 bits per heavy atom. The fraction of sp³-hybridized carbons (Fsp3) is 0.238. The minimum Gasteiger partial charge on any atom is -0.493 e. The number of hydrogen-bond donors (Lipinski definition) is 0. The molecule has 1 aromatic heterocycles. The summed E-state index contributed by atoms with van der Waals surface area (Å²) in [7, 11) is 1.45. The summed E-state index contributed by atoms with van der Waals surface area (Å²) in [5, 5.41) is 7.90. The number of benzene rings is 2. The van der Waals surface area contributed by atoms with Crippen molar-refractivity contribution in [3.8, 4) is 23.0 Å². The zero-order valence-corrected chi connectivity index (χ0v) is 16.2. The van der Waals surface area contributed by atoms with Crippen LogP contribution in [-0.4, -0.2) is 35.7 Å². The molecule has 0 N–H and O–H groups in total. The third-order valence-corrected chi connectivity index (χ3v) is 4.03. The predicted octanol–water partition coefficient (Wildman–Crippen LogP) is 3.63. The van der Waals surface area contributed by atoms with E-state index in [4.69, 9.17) is 18.6 Å². The van der Waals surface area contributed by atoms with Gasteiger partial charge < -0.3 is 18.6 Å². The lowest BCUT2D eigenvalue weighted by atomic mass is 10.1. The van der Waals surface area contributed by atoms with Crippen LogP contribution in [0.15, 0.2) is 52.9 Å². The van der Waals surface area contributed by atoms with E-state index in [1.807, 2.05) is 30.3 Å². The standard InChI is InChI=1S/C21H20N2O6/c1-13(24)16-9-10-17(18(11-16)26-3)27-12-19(25)28-14(2)20-22-23-21(29-20)15-7-5-4-6-8-15/h4-11,14H,12H2,1-3H3/t14-/m0/s1. The average Bonchev–Trinajstić information content (AvgIpc) is 3.23. The van der Waals surface area contributed by atoms with E-state index in [-0.39, 0.29) is 18.3 Å². The lowest BCUT2D eigenvalue weighted by molar-refractivity contribution is -0.152. The number of methoxy groups -OCH3 is 1. The number of rotatable bonds is 8. The fourth-order valence-electron chi connectivity index (χ4n) is 2.52. The number of hydrogen-bond acceptors (Lipinski definition) is 8. The van der Waals surface area contributed by atoms with E-state index >= 15 is 0 Å². The number of Topliss-reactive ketones (excluding diaryl/α,β-unsaturated/α-hetero) is 1. The Morgan fingerprint density at radius 2 is 1.83 bits per heavy atom. The van der Waals surface area contributed by atoms with Crippen LogP contribution < -0.4 is 9.47 Å².